The van der Waals surface area contributed by atoms with Gasteiger partial charge in [-0.05, 0) is 45.7 Å². The van der Waals surface area contributed by atoms with Crippen LogP contribution in [0.5, 0.6) is 0 Å². The van der Waals surface area contributed by atoms with Crippen LogP contribution in [0, 0.1) is 0 Å². The van der Waals surface area contributed by atoms with Crippen LogP contribution >= 0.6 is 24.0 Å². The number of hydrogen-bond acceptors (Lipinski definition) is 5. The van der Waals surface area contributed by atoms with Crippen LogP contribution in [0.15, 0.2) is 29.4 Å². The molecule has 0 atom stereocenters. The number of morpholine rings is 1. The molecule has 0 aliphatic carbocycles. The van der Waals surface area contributed by atoms with Gasteiger partial charge in [-0.3, -0.25) is 9.89 Å². The Hall–Kier alpha value is -1.13. The molecule has 1 fully saturated rings. The Balaban J connectivity index is 0.00000392. The zero-order valence-electron chi connectivity index (χ0n) is 17.5. The normalized spacial score (nSPS) is 15.6. The number of nitrogens with zero attached hydrogens (tertiary/aromatic N) is 3. The molecule has 2 rings (SSSR count). The Morgan fingerprint density at radius 2 is 1.93 bits per heavy atom. The van der Waals surface area contributed by atoms with E-state index >= 15 is 0 Å². The minimum absolute atomic E-state index is 0. The van der Waals surface area contributed by atoms with Crippen molar-refractivity contribution in [3.63, 3.8) is 0 Å². The number of hydrogen-bond donors (Lipinski definition) is 3. The van der Waals surface area contributed by atoms with Gasteiger partial charge in [0.15, 0.2) is 5.96 Å². The highest BCUT2D eigenvalue weighted by atomic mass is 127. The topological polar surface area (TPSA) is 73.8 Å². The SMILES string of the molecule is CCNC(=NCC(C)(C)N1CCOCC1)NCCCCNc1ccccn1.I. The Kier molecular flexibility index (Phi) is 12.4. The minimum Gasteiger partial charge on any atom is -0.379 e. The second kappa shape index (κ2) is 13.9. The van der Waals surface area contributed by atoms with Gasteiger partial charge in [0.2, 0.25) is 0 Å². The van der Waals surface area contributed by atoms with Gasteiger partial charge in [0.1, 0.15) is 5.82 Å². The first-order valence-corrected chi connectivity index (χ1v) is 10.1. The number of guanidine groups is 1. The van der Waals surface area contributed by atoms with Crippen molar-refractivity contribution < 1.29 is 4.74 Å². The fourth-order valence-electron chi connectivity index (χ4n) is 3.02. The zero-order chi connectivity index (χ0) is 19.4. The Morgan fingerprint density at radius 1 is 1.18 bits per heavy atom. The molecule has 8 heteroatoms. The molecule has 1 aromatic heterocycles. The summed E-state index contributed by atoms with van der Waals surface area (Å²) in [5, 5.41) is 10.1. The largest absolute Gasteiger partial charge is 0.379 e. The molecule has 28 heavy (non-hydrogen) atoms. The van der Waals surface area contributed by atoms with Crippen LogP contribution in [0.3, 0.4) is 0 Å². The van der Waals surface area contributed by atoms with Gasteiger partial charge in [-0.2, -0.15) is 0 Å². The van der Waals surface area contributed by atoms with Crippen molar-refractivity contribution >= 4 is 35.8 Å². The van der Waals surface area contributed by atoms with Crippen molar-refractivity contribution in [3.8, 4) is 0 Å². The van der Waals surface area contributed by atoms with Crippen molar-refractivity contribution in [2.75, 3.05) is 57.8 Å². The van der Waals surface area contributed by atoms with E-state index in [9.17, 15) is 0 Å². The monoisotopic (exact) mass is 504 g/mol. The zero-order valence-corrected chi connectivity index (χ0v) is 19.9. The van der Waals surface area contributed by atoms with Gasteiger partial charge in [-0.15, -0.1) is 24.0 Å². The summed E-state index contributed by atoms with van der Waals surface area (Å²) in [6.45, 7) is 13.7. The third-order valence-electron chi connectivity index (χ3n) is 4.70. The van der Waals surface area contributed by atoms with E-state index in [-0.39, 0.29) is 29.5 Å². The van der Waals surface area contributed by atoms with Crippen LogP contribution in [0.25, 0.3) is 0 Å². The standard InChI is InChI=1S/C20H36N6O.HI/c1-4-21-19(25-17-20(2,3)26-13-15-27-16-14-26)24-12-8-7-11-23-18-9-5-6-10-22-18;/h5-6,9-10H,4,7-8,11-17H2,1-3H3,(H,22,23)(H2,21,24,25);1H. The van der Waals surface area contributed by atoms with Gasteiger partial charge < -0.3 is 20.7 Å². The highest BCUT2D eigenvalue weighted by molar-refractivity contribution is 14.0. The summed E-state index contributed by atoms with van der Waals surface area (Å²) in [6.07, 6.45) is 3.97. The molecule has 0 aromatic carbocycles. The van der Waals surface area contributed by atoms with Crippen molar-refractivity contribution in [1.29, 1.82) is 0 Å². The second-order valence-corrected chi connectivity index (χ2v) is 7.38. The number of pyridine rings is 1. The molecule has 160 valence electrons. The Labute approximate surface area is 187 Å². The molecule has 2 heterocycles. The van der Waals surface area contributed by atoms with Gasteiger partial charge in [-0.1, -0.05) is 6.07 Å². The molecule has 0 unspecified atom stereocenters. The summed E-state index contributed by atoms with van der Waals surface area (Å²) in [5.74, 6) is 1.84. The molecule has 1 aliphatic rings. The number of aliphatic imine (C=N–C) groups is 1. The van der Waals surface area contributed by atoms with Crippen molar-refractivity contribution in [1.82, 2.24) is 20.5 Å². The lowest BCUT2D eigenvalue weighted by atomic mass is 10.0. The summed E-state index contributed by atoms with van der Waals surface area (Å²) in [5.41, 5.74) is 0.0404. The molecule has 1 saturated heterocycles. The maximum atomic E-state index is 5.46. The number of nitrogens with one attached hydrogen (secondary N) is 3. The smallest absolute Gasteiger partial charge is 0.191 e. The summed E-state index contributed by atoms with van der Waals surface area (Å²) in [7, 11) is 0. The van der Waals surface area contributed by atoms with Crippen LogP contribution in [0.4, 0.5) is 5.82 Å². The quantitative estimate of drug-likeness (QED) is 0.197. The lowest BCUT2D eigenvalue weighted by Gasteiger charge is -2.39. The lowest BCUT2D eigenvalue weighted by molar-refractivity contribution is -0.00683. The number of rotatable bonds is 10. The first-order chi connectivity index (χ1) is 13.1. The van der Waals surface area contributed by atoms with E-state index in [1.54, 1.807) is 6.20 Å². The number of unbranched alkanes of at least 4 members (excludes halogenated alkanes) is 1. The number of ether oxygens (including phenoxy) is 1. The van der Waals surface area contributed by atoms with E-state index in [1.165, 1.54) is 0 Å². The van der Waals surface area contributed by atoms with Crippen LogP contribution in [-0.4, -0.2) is 73.9 Å². The first kappa shape index (κ1) is 24.9. The molecule has 0 radical (unpaired) electrons. The predicted octanol–water partition coefficient (Wildman–Crippen LogP) is 2.56. The summed E-state index contributed by atoms with van der Waals surface area (Å²) < 4.78 is 5.46. The van der Waals surface area contributed by atoms with Crippen molar-refractivity contribution in [2.45, 2.75) is 39.2 Å². The molecular formula is C20H37IN6O. The van der Waals surface area contributed by atoms with E-state index in [0.717, 1.165) is 77.1 Å². The fourth-order valence-corrected chi connectivity index (χ4v) is 3.02. The van der Waals surface area contributed by atoms with Crippen LogP contribution in [0.1, 0.15) is 33.6 Å². The highest BCUT2D eigenvalue weighted by Gasteiger charge is 2.27. The molecule has 0 bridgehead atoms. The first-order valence-electron chi connectivity index (χ1n) is 10.1. The molecule has 7 nitrogen and oxygen atoms in total. The maximum absolute atomic E-state index is 5.46. The fraction of sp³-hybridized carbons (Fsp3) is 0.700. The lowest BCUT2D eigenvalue weighted by Crippen LogP contribution is -2.52. The summed E-state index contributed by atoms with van der Waals surface area (Å²) in [6, 6.07) is 5.91. The predicted molar refractivity (Wildman–Crippen MR) is 128 cm³/mol. The van der Waals surface area contributed by atoms with E-state index in [0.29, 0.717) is 0 Å². The van der Waals surface area contributed by atoms with Gasteiger partial charge in [0.25, 0.3) is 0 Å². The molecule has 0 amide bonds. The van der Waals surface area contributed by atoms with E-state index in [2.05, 4.69) is 46.6 Å². The van der Waals surface area contributed by atoms with Gasteiger partial charge in [0.05, 0.1) is 19.8 Å². The van der Waals surface area contributed by atoms with E-state index < -0.39 is 0 Å². The van der Waals surface area contributed by atoms with Crippen molar-refractivity contribution in [3.05, 3.63) is 24.4 Å². The minimum atomic E-state index is 0. The molecule has 3 N–H and O–H groups in total. The third-order valence-corrected chi connectivity index (χ3v) is 4.70. The average molecular weight is 504 g/mol. The van der Waals surface area contributed by atoms with Crippen LogP contribution in [0.2, 0.25) is 0 Å². The van der Waals surface area contributed by atoms with Gasteiger partial charge in [0, 0.05) is 44.5 Å². The van der Waals surface area contributed by atoms with Crippen LogP contribution < -0.4 is 16.0 Å². The maximum Gasteiger partial charge on any atom is 0.191 e. The van der Waals surface area contributed by atoms with E-state index in [4.69, 9.17) is 9.73 Å². The summed E-state index contributed by atoms with van der Waals surface area (Å²) in [4.78, 5) is 11.5. The molecule has 0 spiro atoms. The average Bonchev–Trinajstić information content (AvgIpc) is 2.70. The number of anilines is 1. The van der Waals surface area contributed by atoms with Gasteiger partial charge in [-0.25, -0.2) is 4.98 Å². The number of halogens is 1. The highest BCUT2D eigenvalue weighted by Crippen LogP contribution is 2.16. The van der Waals surface area contributed by atoms with Crippen LogP contribution in [-0.2, 0) is 4.74 Å². The van der Waals surface area contributed by atoms with E-state index in [1.807, 2.05) is 18.2 Å². The Bertz CT molecular complexity index is 549. The third kappa shape index (κ3) is 9.38. The number of aromatic nitrogens is 1. The van der Waals surface area contributed by atoms with Crippen molar-refractivity contribution in [2.24, 2.45) is 4.99 Å². The molecular weight excluding hydrogens is 467 g/mol. The molecule has 1 aliphatic heterocycles. The Morgan fingerprint density at radius 3 is 2.61 bits per heavy atom. The van der Waals surface area contributed by atoms with Gasteiger partial charge >= 0.3 is 0 Å². The molecule has 0 saturated carbocycles. The molecule has 1 aromatic rings. The summed E-state index contributed by atoms with van der Waals surface area (Å²) >= 11 is 0. The second-order valence-electron chi connectivity index (χ2n) is 7.38.